The van der Waals surface area contributed by atoms with E-state index >= 15 is 0 Å². The molecule has 0 aliphatic carbocycles. The Morgan fingerprint density at radius 2 is 1.84 bits per heavy atom. The van der Waals surface area contributed by atoms with Crippen molar-refractivity contribution < 1.29 is 4.79 Å². The van der Waals surface area contributed by atoms with E-state index in [1.54, 1.807) is 0 Å². The van der Waals surface area contributed by atoms with Crippen molar-refractivity contribution in [3.63, 3.8) is 0 Å². The molecule has 2 saturated heterocycles. The number of hydrogen-bond donors (Lipinski definition) is 1. The van der Waals surface area contributed by atoms with Crippen molar-refractivity contribution in [2.24, 2.45) is 5.92 Å². The molecule has 2 fully saturated rings. The molecular weight excluding hydrogens is 334 g/mol. The predicted octanol–water partition coefficient (Wildman–Crippen LogP) is 2.16. The normalized spacial score (nSPS) is 20.4. The van der Waals surface area contributed by atoms with Gasteiger partial charge in [0.1, 0.15) is 0 Å². The molecule has 1 aromatic rings. The second-order valence-electron chi connectivity index (χ2n) is 6.92. The number of aromatic nitrogens is 2. The molecule has 0 saturated carbocycles. The highest BCUT2D eigenvalue weighted by Crippen LogP contribution is 2.24. The molecule has 0 bridgehead atoms. The summed E-state index contributed by atoms with van der Waals surface area (Å²) in [5, 5.41) is 3.11. The molecule has 0 radical (unpaired) electrons. The van der Waals surface area contributed by atoms with Gasteiger partial charge in [-0.2, -0.15) is 11.8 Å². The minimum atomic E-state index is 0.135. The quantitative estimate of drug-likeness (QED) is 0.865. The number of piperidine rings is 1. The lowest BCUT2D eigenvalue weighted by molar-refractivity contribution is -0.126. The van der Waals surface area contributed by atoms with Crippen LogP contribution in [0.3, 0.4) is 0 Å². The van der Waals surface area contributed by atoms with Gasteiger partial charge in [-0.3, -0.25) is 4.79 Å². The van der Waals surface area contributed by atoms with Gasteiger partial charge >= 0.3 is 0 Å². The van der Waals surface area contributed by atoms with Crippen LogP contribution in [0.15, 0.2) is 12.4 Å². The van der Waals surface area contributed by atoms with E-state index in [0.29, 0.717) is 0 Å². The molecule has 1 atom stereocenters. The zero-order valence-corrected chi connectivity index (χ0v) is 16.1. The van der Waals surface area contributed by atoms with Crippen LogP contribution < -0.4 is 15.1 Å². The molecule has 2 aliphatic rings. The molecule has 6 nitrogen and oxygen atoms in total. The monoisotopic (exact) mass is 363 g/mol. The van der Waals surface area contributed by atoms with Gasteiger partial charge in [-0.15, -0.1) is 0 Å². The first kappa shape index (κ1) is 18.3. The summed E-state index contributed by atoms with van der Waals surface area (Å²) >= 11 is 1.99. The third-order valence-electron chi connectivity index (χ3n) is 5.15. The molecule has 1 aromatic heterocycles. The molecule has 1 unspecified atom stereocenters. The Morgan fingerprint density at radius 3 is 2.44 bits per heavy atom. The average Bonchev–Trinajstić information content (AvgIpc) is 2.69. The van der Waals surface area contributed by atoms with E-state index in [2.05, 4.69) is 38.9 Å². The maximum atomic E-state index is 12.3. The zero-order chi connectivity index (χ0) is 17.6. The van der Waals surface area contributed by atoms with Crippen LogP contribution in [0.25, 0.3) is 0 Å². The van der Waals surface area contributed by atoms with Gasteiger partial charge in [-0.25, -0.2) is 9.97 Å². The molecule has 3 heterocycles. The number of nitrogens with zero attached hydrogens (tertiary/aromatic N) is 4. The van der Waals surface area contributed by atoms with Gasteiger partial charge in [0.05, 0.1) is 18.1 Å². The Hall–Kier alpha value is -1.50. The van der Waals surface area contributed by atoms with Gasteiger partial charge < -0.3 is 15.1 Å². The summed E-state index contributed by atoms with van der Waals surface area (Å²) in [4.78, 5) is 26.0. The molecule has 0 aromatic carbocycles. The lowest BCUT2D eigenvalue weighted by Gasteiger charge is -2.33. The number of rotatable bonds is 5. The highest BCUT2D eigenvalue weighted by Gasteiger charge is 2.26. The number of carbonyl (C=O) groups is 1. The van der Waals surface area contributed by atoms with Crippen molar-refractivity contribution in [3.8, 4) is 0 Å². The Balaban J connectivity index is 1.51. The molecule has 7 heteroatoms. The first-order chi connectivity index (χ1) is 12.2. The maximum absolute atomic E-state index is 12.3. The van der Waals surface area contributed by atoms with E-state index in [-0.39, 0.29) is 17.9 Å². The first-order valence-corrected chi connectivity index (χ1v) is 10.5. The van der Waals surface area contributed by atoms with Crippen LogP contribution in [0.4, 0.5) is 11.6 Å². The highest BCUT2D eigenvalue weighted by molar-refractivity contribution is 7.99. The van der Waals surface area contributed by atoms with Gasteiger partial charge in [-0.1, -0.05) is 6.92 Å². The predicted molar refractivity (Wildman–Crippen MR) is 104 cm³/mol. The fourth-order valence-corrected chi connectivity index (χ4v) is 4.17. The fraction of sp³-hybridized carbons (Fsp3) is 0.722. The largest absolute Gasteiger partial charge is 0.369 e. The second-order valence-corrected chi connectivity index (χ2v) is 8.14. The second kappa shape index (κ2) is 8.74. The van der Waals surface area contributed by atoms with Crippen molar-refractivity contribution in [1.29, 1.82) is 0 Å². The van der Waals surface area contributed by atoms with Gasteiger partial charge in [0.2, 0.25) is 11.9 Å². The summed E-state index contributed by atoms with van der Waals surface area (Å²) < 4.78 is 0. The Labute approximate surface area is 154 Å². The highest BCUT2D eigenvalue weighted by atomic mass is 32.2. The van der Waals surface area contributed by atoms with E-state index in [1.807, 2.05) is 24.2 Å². The molecule has 2 aliphatic heterocycles. The number of nitrogens with one attached hydrogen (secondary N) is 1. The van der Waals surface area contributed by atoms with Gasteiger partial charge in [0, 0.05) is 49.6 Å². The summed E-state index contributed by atoms with van der Waals surface area (Å²) in [5.74, 6) is 3.49. The van der Waals surface area contributed by atoms with E-state index in [9.17, 15) is 4.79 Å². The van der Waals surface area contributed by atoms with Gasteiger partial charge in [0.15, 0.2) is 0 Å². The first-order valence-electron chi connectivity index (χ1n) is 9.37. The number of amides is 1. The van der Waals surface area contributed by atoms with Gasteiger partial charge in [-0.05, 0) is 26.2 Å². The third kappa shape index (κ3) is 4.77. The van der Waals surface area contributed by atoms with Crippen molar-refractivity contribution >= 4 is 29.3 Å². The van der Waals surface area contributed by atoms with Gasteiger partial charge in [0.25, 0.3) is 0 Å². The number of anilines is 2. The van der Waals surface area contributed by atoms with Crippen molar-refractivity contribution in [2.45, 2.75) is 39.2 Å². The molecule has 138 valence electrons. The topological polar surface area (TPSA) is 61.4 Å². The maximum Gasteiger partial charge on any atom is 0.225 e. The summed E-state index contributed by atoms with van der Waals surface area (Å²) in [5.41, 5.74) is 1.07. The molecular formula is C18H29N5OS. The standard InChI is InChI=1S/C18H29N5OS/c1-3-14(2)21-17(24)15-4-6-22(7-5-15)16-12-19-18(20-13-16)23-8-10-25-11-9-23/h12-15H,3-11H2,1-2H3,(H,21,24). The van der Waals surface area contributed by atoms with Crippen LogP contribution in [-0.4, -0.2) is 59.6 Å². The third-order valence-corrected chi connectivity index (χ3v) is 6.09. The number of hydrogen-bond acceptors (Lipinski definition) is 6. The SMILES string of the molecule is CCC(C)NC(=O)C1CCN(c2cnc(N3CCSCC3)nc2)CC1. The van der Waals surface area contributed by atoms with Crippen LogP contribution in [0.1, 0.15) is 33.1 Å². The Kier molecular flexibility index (Phi) is 6.39. The smallest absolute Gasteiger partial charge is 0.225 e. The summed E-state index contributed by atoms with van der Waals surface area (Å²) in [6.07, 6.45) is 6.64. The molecule has 1 N–H and O–H groups in total. The summed E-state index contributed by atoms with van der Waals surface area (Å²) in [6, 6.07) is 0.264. The van der Waals surface area contributed by atoms with Crippen LogP contribution in [0, 0.1) is 5.92 Å². The lowest BCUT2D eigenvalue weighted by atomic mass is 9.95. The van der Waals surface area contributed by atoms with Crippen LogP contribution in [0.5, 0.6) is 0 Å². The van der Waals surface area contributed by atoms with E-state index in [1.165, 1.54) is 0 Å². The molecule has 0 spiro atoms. The average molecular weight is 364 g/mol. The minimum absolute atomic E-state index is 0.135. The van der Waals surface area contributed by atoms with Crippen LogP contribution in [0.2, 0.25) is 0 Å². The van der Waals surface area contributed by atoms with Crippen molar-refractivity contribution in [1.82, 2.24) is 15.3 Å². The molecule has 25 heavy (non-hydrogen) atoms. The minimum Gasteiger partial charge on any atom is -0.369 e. The summed E-state index contributed by atoms with van der Waals surface area (Å²) in [6.45, 7) is 8.00. The number of thioether (sulfide) groups is 1. The zero-order valence-electron chi connectivity index (χ0n) is 15.3. The van der Waals surface area contributed by atoms with Crippen LogP contribution in [-0.2, 0) is 4.79 Å². The van der Waals surface area contributed by atoms with E-state index in [4.69, 9.17) is 0 Å². The lowest BCUT2D eigenvalue weighted by Crippen LogP contribution is -2.43. The number of carbonyl (C=O) groups excluding carboxylic acids is 1. The van der Waals surface area contributed by atoms with E-state index in [0.717, 1.165) is 68.6 Å². The Bertz CT molecular complexity index is 553. The van der Waals surface area contributed by atoms with Crippen LogP contribution >= 0.6 is 11.8 Å². The van der Waals surface area contributed by atoms with E-state index < -0.39 is 0 Å². The fourth-order valence-electron chi connectivity index (χ4n) is 3.27. The molecule has 1 amide bonds. The molecule has 3 rings (SSSR count). The van der Waals surface area contributed by atoms with Crippen molar-refractivity contribution in [2.75, 3.05) is 47.5 Å². The summed E-state index contributed by atoms with van der Waals surface area (Å²) in [7, 11) is 0. The van der Waals surface area contributed by atoms with Crippen molar-refractivity contribution in [3.05, 3.63) is 12.4 Å². The Morgan fingerprint density at radius 1 is 1.20 bits per heavy atom.